The van der Waals surface area contributed by atoms with Gasteiger partial charge in [0.25, 0.3) is 0 Å². The molecule has 1 saturated heterocycles. The van der Waals surface area contributed by atoms with Gasteiger partial charge in [-0.15, -0.1) is 0 Å². The van der Waals surface area contributed by atoms with Gasteiger partial charge in [0.15, 0.2) is 0 Å². The van der Waals surface area contributed by atoms with Crippen LogP contribution in [0.2, 0.25) is 0 Å². The van der Waals surface area contributed by atoms with Crippen LogP contribution >= 0.6 is 0 Å². The van der Waals surface area contributed by atoms with E-state index in [1.165, 1.54) is 6.26 Å². The molecule has 2 atom stereocenters. The van der Waals surface area contributed by atoms with Crippen LogP contribution < -0.4 is 0 Å². The molecular formula is C9H16O2S. The zero-order valence-electron chi connectivity index (χ0n) is 7.33. The van der Waals surface area contributed by atoms with Crippen LogP contribution in [0.25, 0.3) is 0 Å². The van der Waals surface area contributed by atoms with E-state index in [0.717, 1.165) is 37.4 Å². The van der Waals surface area contributed by atoms with Gasteiger partial charge in [0.1, 0.15) is 0 Å². The van der Waals surface area contributed by atoms with Crippen molar-refractivity contribution in [2.24, 2.45) is 5.92 Å². The zero-order valence-corrected chi connectivity index (χ0v) is 8.15. The Kier molecular flexibility index (Phi) is 4.36. The Balaban J connectivity index is 2.00. The van der Waals surface area contributed by atoms with E-state index in [1.54, 1.807) is 0 Å². The molecule has 0 amide bonds. The lowest BCUT2D eigenvalue weighted by Gasteiger charge is -2.06. The minimum atomic E-state index is -0.521. The molecule has 12 heavy (non-hydrogen) atoms. The number of rotatable bonds is 5. The van der Waals surface area contributed by atoms with Crippen molar-refractivity contribution in [2.45, 2.75) is 19.3 Å². The molecule has 1 fully saturated rings. The molecule has 0 aromatic rings. The maximum Gasteiger partial charge on any atom is 0.0873 e. The number of ether oxygens (including phenoxy) is 1. The molecule has 0 bridgehead atoms. The normalized spacial score (nSPS) is 28.7. The summed E-state index contributed by atoms with van der Waals surface area (Å²) in [6.45, 7) is 4.23. The summed E-state index contributed by atoms with van der Waals surface area (Å²) in [7, 11) is -0.521. The van der Waals surface area contributed by atoms with Crippen molar-refractivity contribution in [3.63, 3.8) is 0 Å². The second-order valence-electron chi connectivity index (χ2n) is 3.15. The van der Waals surface area contributed by atoms with Crippen LogP contribution in [0.15, 0.2) is 12.8 Å². The predicted molar refractivity (Wildman–Crippen MR) is 51.4 cm³/mol. The first kappa shape index (κ1) is 9.78. The van der Waals surface area contributed by atoms with E-state index < -0.39 is 10.8 Å². The first-order valence-corrected chi connectivity index (χ1v) is 5.89. The van der Waals surface area contributed by atoms with E-state index in [1.807, 2.05) is 0 Å². The highest BCUT2D eigenvalue weighted by molar-refractivity contribution is 7.85. The van der Waals surface area contributed by atoms with Crippen LogP contribution in [0.1, 0.15) is 19.3 Å². The van der Waals surface area contributed by atoms with Gasteiger partial charge >= 0.3 is 0 Å². The molecule has 0 radical (unpaired) electrons. The van der Waals surface area contributed by atoms with Gasteiger partial charge in [0.2, 0.25) is 0 Å². The molecular weight excluding hydrogens is 172 g/mol. The Morgan fingerprint density at radius 3 is 3.08 bits per heavy atom. The van der Waals surface area contributed by atoms with E-state index in [4.69, 9.17) is 4.74 Å². The third kappa shape index (κ3) is 3.39. The summed E-state index contributed by atoms with van der Waals surface area (Å²) >= 11 is 0. The molecule has 0 spiro atoms. The monoisotopic (exact) mass is 188 g/mol. The molecule has 1 aliphatic heterocycles. The molecule has 2 nitrogen and oxygen atoms in total. The van der Waals surface area contributed by atoms with Crippen LogP contribution in [0, 0.1) is 5.92 Å². The first-order valence-electron chi connectivity index (χ1n) is 4.40. The Labute approximate surface area is 76.5 Å². The summed E-state index contributed by atoms with van der Waals surface area (Å²) in [6, 6.07) is 0. The highest BCUT2D eigenvalue weighted by atomic mass is 32.2. The van der Waals surface area contributed by atoms with Gasteiger partial charge in [-0.25, -0.2) is 0 Å². The first-order chi connectivity index (χ1) is 5.83. The van der Waals surface area contributed by atoms with E-state index >= 15 is 0 Å². The maximum atomic E-state index is 11.0. The third-order valence-electron chi connectivity index (χ3n) is 2.17. The minimum absolute atomic E-state index is 0.521. The molecule has 0 aromatic carbocycles. The highest BCUT2D eigenvalue weighted by Crippen LogP contribution is 2.20. The lowest BCUT2D eigenvalue weighted by molar-refractivity contribution is 0.236. The van der Waals surface area contributed by atoms with E-state index in [9.17, 15) is 4.21 Å². The minimum Gasteiger partial charge on any atom is -0.502 e. The van der Waals surface area contributed by atoms with Crippen LogP contribution in [-0.2, 0) is 15.5 Å². The lowest BCUT2D eigenvalue weighted by Crippen LogP contribution is -2.01. The topological polar surface area (TPSA) is 26.3 Å². The quantitative estimate of drug-likeness (QED) is 0.485. The molecule has 1 heterocycles. The van der Waals surface area contributed by atoms with Gasteiger partial charge in [0, 0.05) is 22.3 Å². The Morgan fingerprint density at radius 2 is 2.50 bits per heavy atom. The second-order valence-corrected chi connectivity index (χ2v) is 4.77. The summed E-state index contributed by atoms with van der Waals surface area (Å²) in [6.07, 6.45) is 4.83. The second kappa shape index (κ2) is 5.36. The molecule has 0 N–H and O–H groups in total. The average Bonchev–Trinajstić information content (AvgIpc) is 2.45. The molecule has 1 rings (SSSR count). The molecule has 2 unspecified atom stereocenters. The average molecular weight is 188 g/mol. The van der Waals surface area contributed by atoms with Crippen LogP contribution in [0.5, 0.6) is 0 Å². The maximum absolute atomic E-state index is 11.0. The third-order valence-corrected chi connectivity index (χ3v) is 3.70. The summed E-state index contributed by atoms with van der Waals surface area (Å²) in [5.74, 6) is 2.50. The van der Waals surface area contributed by atoms with Gasteiger partial charge in [-0.2, -0.15) is 0 Å². The fraction of sp³-hybridized carbons (Fsp3) is 0.778. The number of hydrogen-bond acceptors (Lipinski definition) is 2. The molecule has 1 aliphatic rings. The van der Waals surface area contributed by atoms with Crippen molar-refractivity contribution >= 4 is 10.8 Å². The highest BCUT2D eigenvalue weighted by Gasteiger charge is 2.19. The van der Waals surface area contributed by atoms with Gasteiger partial charge in [0.05, 0.1) is 12.9 Å². The van der Waals surface area contributed by atoms with Crippen molar-refractivity contribution in [3.05, 3.63) is 12.8 Å². The molecule has 0 aromatic heterocycles. The SMILES string of the molecule is C=COCCCC1CCS(=O)C1. The lowest BCUT2D eigenvalue weighted by atomic mass is 10.0. The zero-order chi connectivity index (χ0) is 8.81. The van der Waals surface area contributed by atoms with Crippen LogP contribution in [-0.4, -0.2) is 22.3 Å². The predicted octanol–water partition coefficient (Wildman–Crippen LogP) is 1.70. The van der Waals surface area contributed by atoms with Crippen molar-refractivity contribution < 1.29 is 8.95 Å². The van der Waals surface area contributed by atoms with Crippen LogP contribution in [0.3, 0.4) is 0 Å². The van der Waals surface area contributed by atoms with Crippen molar-refractivity contribution in [2.75, 3.05) is 18.1 Å². The number of hydrogen-bond donors (Lipinski definition) is 0. The molecule has 0 saturated carbocycles. The Bertz CT molecular complexity index is 168. The summed E-state index contributed by atoms with van der Waals surface area (Å²) in [4.78, 5) is 0. The smallest absolute Gasteiger partial charge is 0.0873 e. The van der Waals surface area contributed by atoms with Crippen molar-refractivity contribution in [3.8, 4) is 0 Å². The molecule has 70 valence electrons. The Hall–Kier alpha value is -0.310. The fourth-order valence-corrected chi connectivity index (χ4v) is 3.12. The van der Waals surface area contributed by atoms with Gasteiger partial charge < -0.3 is 4.74 Å². The molecule has 0 aliphatic carbocycles. The van der Waals surface area contributed by atoms with Gasteiger partial charge in [-0.1, -0.05) is 6.58 Å². The van der Waals surface area contributed by atoms with E-state index in [0.29, 0.717) is 5.92 Å². The standard InChI is InChI=1S/C9H16O2S/c1-2-11-6-3-4-9-5-7-12(10)8-9/h2,9H,1,3-8H2. The largest absolute Gasteiger partial charge is 0.502 e. The summed E-state index contributed by atoms with van der Waals surface area (Å²) in [5.41, 5.74) is 0. The van der Waals surface area contributed by atoms with Gasteiger partial charge in [-0.05, 0) is 25.2 Å². The fourth-order valence-electron chi connectivity index (χ4n) is 1.49. The van der Waals surface area contributed by atoms with Crippen LogP contribution in [0.4, 0.5) is 0 Å². The van der Waals surface area contributed by atoms with Gasteiger partial charge in [-0.3, -0.25) is 4.21 Å². The summed E-state index contributed by atoms with van der Waals surface area (Å²) < 4.78 is 16.0. The van der Waals surface area contributed by atoms with E-state index in [-0.39, 0.29) is 0 Å². The Morgan fingerprint density at radius 1 is 1.67 bits per heavy atom. The van der Waals surface area contributed by atoms with E-state index in [2.05, 4.69) is 6.58 Å². The van der Waals surface area contributed by atoms with Crippen molar-refractivity contribution in [1.82, 2.24) is 0 Å². The molecule has 3 heteroatoms. The summed E-state index contributed by atoms with van der Waals surface area (Å²) in [5, 5.41) is 0. The van der Waals surface area contributed by atoms with Crippen molar-refractivity contribution in [1.29, 1.82) is 0 Å².